The van der Waals surface area contributed by atoms with Crippen molar-refractivity contribution in [3.05, 3.63) is 91.0 Å². The molecule has 0 saturated heterocycles. The summed E-state index contributed by atoms with van der Waals surface area (Å²) in [5.41, 5.74) is 8.77. The van der Waals surface area contributed by atoms with Crippen molar-refractivity contribution in [3.63, 3.8) is 0 Å². The van der Waals surface area contributed by atoms with Gasteiger partial charge in [-0.2, -0.15) is 0 Å². The highest BCUT2D eigenvalue weighted by molar-refractivity contribution is 5.61. The summed E-state index contributed by atoms with van der Waals surface area (Å²) in [6.45, 7) is 28.0. The molecule has 0 radical (unpaired) electrons. The normalized spacial score (nSPS) is 10.9. The summed E-state index contributed by atoms with van der Waals surface area (Å²) in [5.74, 6) is 0. The Labute approximate surface area is 305 Å². The number of nitrogens with one attached hydrogen (secondary N) is 3. The molecule has 3 N–H and O–H groups in total. The molecular weight excluding hydrogens is 595 g/mol. The van der Waals surface area contributed by atoms with Gasteiger partial charge in [0.25, 0.3) is 0 Å². The van der Waals surface area contributed by atoms with E-state index in [4.69, 9.17) is 0 Å². The molecule has 0 aliphatic rings. The molecule has 0 aliphatic heterocycles. The standard InChI is InChI=1S/C46H79N3/c1-40(2)28-21-15-13-19-25-37-47-42(5)29-23-17-14-20-26-38-48-44(7)31-27-39-49-43(6)30-22-16-11-9-8-10-12-18-24-32-45-33-35-46(36-34-45)41(3)4/h33-36,47-49H,1,3,5-32,37-39H2,2,4H3. The van der Waals surface area contributed by atoms with Gasteiger partial charge in [0.15, 0.2) is 0 Å². The van der Waals surface area contributed by atoms with Gasteiger partial charge in [0.05, 0.1) is 0 Å². The first-order valence-corrected chi connectivity index (χ1v) is 20.4. The Morgan fingerprint density at radius 3 is 1.18 bits per heavy atom. The fourth-order valence-corrected chi connectivity index (χ4v) is 6.30. The van der Waals surface area contributed by atoms with E-state index in [1.807, 2.05) is 0 Å². The van der Waals surface area contributed by atoms with E-state index >= 15 is 0 Å². The van der Waals surface area contributed by atoms with Gasteiger partial charge >= 0.3 is 0 Å². The van der Waals surface area contributed by atoms with Crippen LogP contribution in [0, 0.1) is 0 Å². The third-order valence-corrected chi connectivity index (χ3v) is 9.61. The number of unbranched alkanes of at least 4 members (excludes halogenated alkanes) is 16. The van der Waals surface area contributed by atoms with Crippen LogP contribution >= 0.6 is 0 Å². The van der Waals surface area contributed by atoms with Crippen LogP contribution < -0.4 is 16.0 Å². The van der Waals surface area contributed by atoms with Crippen LogP contribution in [-0.2, 0) is 6.42 Å². The second-order valence-electron chi connectivity index (χ2n) is 14.8. The van der Waals surface area contributed by atoms with Crippen LogP contribution in [0.15, 0.2) is 79.8 Å². The minimum atomic E-state index is 0.995. The first-order valence-electron chi connectivity index (χ1n) is 20.4. The van der Waals surface area contributed by atoms with Gasteiger partial charge in [-0.05, 0) is 102 Å². The molecule has 3 heteroatoms. The minimum Gasteiger partial charge on any atom is -0.389 e. The average molecular weight is 674 g/mol. The van der Waals surface area contributed by atoms with Crippen LogP contribution in [0.3, 0.4) is 0 Å². The maximum Gasteiger partial charge on any atom is 0.0147 e. The van der Waals surface area contributed by atoms with Crippen LogP contribution in [0.4, 0.5) is 0 Å². The van der Waals surface area contributed by atoms with Gasteiger partial charge in [-0.1, -0.05) is 145 Å². The van der Waals surface area contributed by atoms with E-state index in [9.17, 15) is 0 Å². The summed E-state index contributed by atoms with van der Waals surface area (Å²) >= 11 is 0. The number of benzene rings is 1. The molecule has 3 nitrogen and oxygen atoms in total. The second-order valence-corrected chi connectivity index (χ2v) is 14.8. The molecule has 0 bridgehead atoms. The first-order chi connectivity index (χ1) is 23.8. The molecule has 278 valence electrons. The molecule has 1 rings (SSSR count). The maximum atomic E-state index is 4.25. The van der Waals surface area contributed by atoms with Crippen molar-refractivity contribution in [2.24, 2.45) is 0 Å². The third kappa shape index (κ3) is 28.8. The topological polar surface area (TPSA) is 36.1 Å². The molecule has 0 saturated carbocycles. The maximum absolute atomic E-state index is 4.25. The van der Waals surface area contributed by atoms with Crippen LogP contribution in [0.25, 0.3) is 5.57 Å². The molecular formula is C46H79N3. The SMILES string of the molecule is C=C(C)CCCCCCCNC(=C)CCCCCCCNC(=C)CCCNC(=C)CCCCCCCCCCCc1ccc(C(=C)C)cc1. The van der Waals surface area contributed by atoms with E-state index in [1.165, 1.54) is 169 Å². The molecule has 0 aliphatic carbocycles. The third-order valence-electron chi connectivity index (χ3n) is 9.61. The molecule has 1 aromatic carbocycles. The highest BCUT2D eigenvalue weighted by Crippen LogP contribution is 2.16. The van der Waals surface area contributed by atoms with E-state index in [0.717, 1.165) is 50.9 Å². The Morgan fingerprint density at radius 2 is 0.755 bits per heavy atom. The van der Waals surface area contributed by atoms with Gasteiger partial charge < -0.3 is 16.0 Å². The van der Waals surface area contributed by atoms with Crippen molar-refractivity contribution in [2.45, 2.75) is 174 Å². The largest absolute Gasteiger partial charge is 0.389 e. The number of allylic oxidation sites excluding steroid dienone is 5. The average Bonchev–Trinajstić information content (AvgIpc) is 3.08. The molecule has 0 amide bonds. The Bertz CT molecular complexity index is 1020. The lowest BCUT2D eigenvalue weighted by atomic mass is 10.0. The van der Waals surface area contributed by atoms with Crippen molar-refractivity contribution in [2.75, 3.05) is 19.6 Å². The fraction of sp³-hybridized carbons (Fsp3) is 0.652. The highest BCUT2D eigenvalue weighted by Gasteiger charge is 2.01. The molecule has 0 unspecified atom stereocenters. The lowest BCUT2D eigenvalue weighted by Gasteiger charge is -2.12. The molecule has 0 aromatic heterocycles. The summed E-state index contributed by atoms with van der Waals surface area (Å²) in [6.07, 6.45) is 31.8. The zero-order chi connectivity index (χ0) is 35.8. The Morgan fingerprint density at radius 1 is 0.408 bits per heavy atom. The Hall–Kier alpha value is -2.68. The zero-order valence-electron chi connectivity index (χ0n) is 32.6. The van der Waals surface area contributed by atoms with Crippen molar-refractivity contribution in [1.82, 2.24) is 16.0 Å². The second kappa shape index (κ2) is 31.3. The lowest BCUT2D eigenvalue weighted by Crippen LogP contribution is -2.17. The number of hydrogen-bond acceptors (Lipinski definition) is 3. The van der Waals surface area contributed by atoms with Crippen LogP contribution in [0.5, 0.6) is 0 Å². The summed E-state index contributed by atoms with van der Waals surface area (Å²) in [7, 11) is 0. The van der Waals surface area contributed by atoms with Gasteiger partial charge in [-0.25, -0.2) is 0 Å². The summed E-state index contributed by atoms with van der Waals surface area (Å²) < 4.78 is 0. The predicted octanol–water partition coefficient (Wildman–Crippen LogP) is 13.5. The van der Waals surface area contributed by atoms with E-state index in [0.29, 0.717) is 0 Å². The van der Waals surface area contributed by atoms with E-state index in [2.05, 4.69) is 87.0 Å². The molecule has 0 heterocycles. The predicted molar refractivity (Wildman–Crippen MR) is 222 cm³/mol. The lowest BCUT2D eigenvalue weighted by molar-refractivity contribution is 0.553. The zero-order valence-corrected chi connectivity index (χ0v) is 32.6. The van der Waals surface area contributed by atoms with Gasteiger partial charge in [0, 0.05) is 36.7 Å². The fourth-order valence-electron chi connectivity index (χ4n) is 6.30. The van der Waals surface area contributed by atoms with E-state index in [1.54, 1.807) is 0 Å². The molecule has 49 heavy (non-hydrogen) atoms. The monoisotopic (exact) mass is 674 g/mol. The van der Waals surface area contributed by atoms with Crippen LogP contribution in [-0.4, -0.2) is 19.6 Å². The van der Waals surface area contributed by atoms with Gasteiger partial charge in [0.1, 0.15) is 0 Å². The number of aryl methyl sites for hydroxylation is 1. The summed E-state index contributed by atoms with van der Waals surface area (Å²) in [5, 5.41) is 10.6. The summed E-state index contributed by atoms with van der Waals surface area (Å²) in [6, 6.07) is 8.95. The van der Waals surface area contributed by atoms with Crippen LogP contribution in [0.1, 0.15) is 179 Å². The smallest absolute Gasteiger partial charge is 0.0147 e. The first kappa shape index (κ1) is 44.3. The quantitative estimate of drug-likeness (QED) is 0.0490. The van der Waals surface area contributed by atoms with Gasteiger partial charge in [-0.3, -0.25) is 0 Å². The number of rotatable bonds is 36. The number of hydrogen-bond donors (Lipinski definition) is 3. The minimum absolute atomic E-state index is 0.995. The van der Waals surface area contributed by atoms with Gasteiger partial charge in [-0.15, -0.1) is 6.58 Å². The molecule has 0 fully saturated rings. The van der Waals surface area contributed by atoms with Gasteiger partial charge in [0.2, 0.25) is 0 Å². The molecule has 0 atom stereocenters. The molecule has 0 spiro atoms. The molecule has 1 aromatic rings. The van der Waals surface area contributed by atoms with Crippen molar-refractivity contribution in [3.8, 4) is 0 Å². The van der Waals surface area contributed by atoms with E-state index < -0.39 is 0 Å². The van der Waals surface area contributed by atoms with Crippen LogP contribution in [0.2, 0.25) is 0 Å². The summed E-state index contributed by atoms with van der Waals surface area (Å²) in [4.78, 5) is 0. The highest BCUT2D eigenvalue weighted by atomic mass is 14.9. The Kier molecular flexibility index (Phi) is 28.3. The van der Waals surface area contributed by atoms with Crippen molar-refractivity contribution < 1.29 is 0 Å². The van der Waals surface area contributed by atoms with Crippen molar-refractivity contribution >= 4 is 5.57 Å². The van der Waals surface area contributed by atoms with Crippen molar-refractivity contribution in [1.29, 1.82) is 0 Å². The Balaban J connectivity index is 1.80. The van der Waals surface area contributed by atoms with E-state index in [-0.39, 0.29) is 0 Å².